The number of nitrogens with zero attached hydrogens (tertiary/aromatic N) is 1. The molecule has 4 nitrogen and oxygen atoms in total. The van der Waals surface area contributed by atoms with Crippen LogP contribution in [0.15, 0.2) is 54.6 Å². The molecule has 1 N–H and O–H groups in total. The fourth-order valence-corrected chi connectivity index (χ4v) is 2.70. The number of hydrogen-bond acceptors (Lipinski definition) is 3. The summed E-state index contributed by atoms with van der Waals surface area (Å²) >= 11 is 0. The summed E-state index contributed by atoms with van der Waals surface area (Å²) in [5, 5.41) is 13.9. The fraction of sp³-hybridized carbons (Fsp3) is 0.222. The highest BCUT2D eigenvalue weighted by Gasteiger charge is 2.07. The summed E-state index contributed by atoms with van der Waals surface area (Å²) in [6.45, 7) is 0. The lowest BCUT2D eigenvalue weighted by Crippen LogP contribution is -1.94. The van der Waals surface area contributed by atoms with Crippen LogP contribution in [0.5, 0.6) is 0 Å². The Kier molecular flexibility index (Phi) is 4.19. The first kappa shape index (κ1) is 14.3. The molecule has 0 radical (unpaired) electrons. The van der Waals surface area contributed by atoms with Crippen LogP contribution in [-0.4, -0.2) is 4.92 Å². The van der Waals surface area contributed by atoms with Crippen LogP contribution in [0.25, 0.3) is 5.57 Å². The van der Waals surface area contributed by atoms with E-state index in [0.29, 0.717) is 0 Å². The molecule has 0 aliphatic heterocycles. The zero-order valence-electron chi connectivity index (χ0n) is 12.3. The minimum Gasteiger partial charge on any atom is -0.356 e. The average Bonchev–Trinajstić information content (AvgIpc) is 2.57. The number of allylic oxidation sites excluding steroid dienone is 2. The molecule has 0 saturated carbocycles. The molecule has 0 heterocycles. The Morgan fingerprint density at radius 3 is 2.09 bits per heavy atom. The van der Waals surface area contributed by atoms with Crippen molar-refractivity contribution in [2.24, 2.45) is 0 Å². The van der Waals surface area contributed by atoms with Gasteiger partial charge in [-0.15, -0.1) is 0 Å². The van der Waals surface area contributed by atoms with Crippen molar-refractivity contribution in [2.75, 3.05) is 5.32 Å². The standard InChI is InChI=1S/C18H18N2O2/c21-20(22)18-12-10-17(11-13-18)19-16-8-6-15(7-9-16)14-4-2-1-3-5-14/h4,6-13,19H,1-3,5H2. The summed E-state index contributed by atoms with van der Waals surface area (Å²) in [7, 11) is 0. The molecular weight excluding hydrogens is 276 g/mol. The van der Waals surface area contributed by atoms with E-state index >= 15 is 0 Å². The van der Waals surface area contributed by atoms with Crippen LogP contribution in [-0.2, 0) is 0 Å². The molecule has 0 unspecified atom stereocenters. The number of benzene rings is 2. The molecule has 0 saturated heterocycles. The Morgan fingerprint density at radius 2 is 1.55 bits per heavy atom. The fourth-order valence-electron chi connectivity index (χ4n) is 2.70. The smallest absolute Gasteiger partial charge is 0.269 e. The van der Waals surface area contributed by atoms with Crippen LogP contribution >= 0.6 is 0 Å². The van der Waals surface area contributed by atoms with E-state index in [1.807, 2.05) is 12.1 Å². The first-order valence-corrected chi connectivity index (χ1v) is 7.53. The highest BCUT2D eigenvalue weighted by atomic mass is 16.6. The number of non-ortho nitro benzene ring substituents is 1. The van der Waals surface area contributed by atoms with E-state index in [9.17, 15) is 10.1 Å². The molecule has 22 heavy (non-hydrogen) atoms. The summed E-state index contributed by atoms with van der Waals surface area (Å²) in [5.74, 6) is 0. The quantitative estimate of drug-likeness (QED) is 0.615. The van der Waals surface area contributed by atoms with Gasteiger partial charge in [-0.25, -0.2) is 0 Å². The summed E-state index contributed by atoms with van der Waals surface area (Å²) in [6, 6.07) is 14.8. The molecule has 1 aliphatic rings. The maximum Gasteiger partial charge on any atom is 0.269 e. The first-order valence-electron chi connectivity index (χ1n) is 7.53. The van der Waals surface area contributed by atoms with Gasteiger partial charge in [0.1, 0.15) is 0 Å². The van der Waals surface area contributed by atoms with Crippen LogP contribution < -0.4 is 5.32 Å². The van der Waals surface area contributed by atoms with Crippen LogP contribution in [0.1, 0.15) is 31.2 Å². The molecule has 2 aromatic rings. The summed E-state index contributed by atoms with van der Waals surface area (Å²) in [5.41, 5.74) is 4.65. The van der Waals surface area contributed by atoms with E-state index < -0.39 is 4.92 Å². The maximum absolute atomic E-state index is 10.6. The highest BCUT2D eigenvalue weighted by Crippen LogP contribution is 2.28. The van der Waals surface area contributed by atoms with Crippen molar-refractivity contribution in [3.05, 3.63) is 70.3 Å². The first-order chi connectivity index (χ1) is 10.7. The van der Waals surface area contributed by atoms with Crippen LogP contribution in [0.3, 0.4) is 0 Å². The van der Waals surface area contributed by atoms with Crippen molar-refractivity contribution in [1.29, 1.82) is 0 Å². The molecule has 112 valence electrons. The van der Waals surface area contributed by atoms with Crippen LogP contribution in [0.4, 0.5) is 17.1 Å². The molecule has 0 atom stereocenters. The molecule has 0 spiro atoms. The van der Waals surface area contributed by atoms with Gasteiger partial charge in [0.05, 0.1) is 4.92 Å². The van der Waals surface area contributed by atoms with E-state index in [4.69, 9.17) is 0 Å². The van der Waals surface area contributed by atoms with Crippen LogP contribution in [0, 0.1) is 10.1 Å². The van der Waals surface area contributed by atoms with Gasteiger partial charge < -0.3 is 5.32 Å². The Morgan fingerprint density at radius 1 is 0.909 bits per heavy atom. The third-order valence-electron chi connectivity index (χ3n) is 3.91. The number of nitrogens with one attached hydrogen (secondary N) is 1. The van der Waals surface area contributed by atoms with Crippen molar-refractivity contribution >= 4 is 22.6 Å². The number of nitro benzene ring substituents is 1. The third-order valence-corrected chi connectivity index (χ3v) is 3.91. The molecule has 0 bridgehead atoms. The van der Waals surface area contributed by atoms with Gasteiger partial charge in [-0.3, -0.25) is 10.1 Å². The van der Waals surface area contributed by atoms with Gasteiger partial charge in [-0.05, 0) is 61.1 Å². The number of anilines is 2. The average molecular weight is 294 g/mol. The van der Waals surface area contributed by atoms with Crippen LogP contribution in [0.2, 0.25) is 0 Å². The van der Waals surface area contributed by atoms with Crippen molar-refractivity contribution in [3.8, 4) is 0 Å². The van der Waals surface area contributed by atoms with Gasteiger partial charge >= 0.3 is 0 Å². The number of rotatable bonds is 4. The second kappa shape index (κ2) is 6.43. The molecule has 0 fully saturated rings. The highest BCUT2D eigenvalue weighted by molar-refractivity contribution is 5.69. The van der Waals surface area contributed by atoms with Crippen molar-refractivity contribution in [3.63, 3.8) is 0 Å². The van der Waals surface area contributed by atoms with E-state index in [2.05, 4.69) is 23.5 Å². The molecule has 1 aliphatic carbocycles. The van der Waals surface area contributed by atoms with Crippen molar-refractivity contribution in [2.45, 2.75) is 25.7 Å². The summed E-state index contributed by atoms with van der Waals surface area (Å²) in [6.07, 6.45) is 7.24. The third kappa shape index (κ3) is 3.34. The molecule has 4 heteroatoms. The second-order valence-electron chi connectivity index (χ2n) is 5.48. The van der Waals surface area contributed by atoms with Crippen molar-refractivity contribution < 1.29 is 4.92 Å². The number of nitro groups is 1. The summed E-state index contributed by atoms with van der Waals surface area (Å²) in [4.78, 5) is 10.2. The second-order valence-corrected chi connectivity index (χ2v) is 5.48. The lowest BCUT2D eigenvalue weighted by atomic mass is 9.94. The van der Waals surface area contributed by atoms with Gasteiger partial charge in [0.2, 0.25) is 0 Å². The van der Waals surface area contributed by atoms with Gasteiger partial charge in [-0.2, -0.15) is 0 Å². The van der Waals surface area contributed by atoms with Gasteiger partial charge in [0, 0.05) is 23.5 Å². The molecule has 2 aromatic carbocycles. The normalized spacial score (nSPS) is 14.3. The Hall–Kier alpha value is -2.62. The van der Waals surface area contributed by atoms with E-state index in [0.717, 1.165) is 17.8 Å². The van der Waals surface area contributed by atoms with Gasteiger partial charge in [0.15, 0.2) is 0 Å². The predicted molar refractivity (Wildman–Crippen MR) is 89.3 cm³/mol. The maximum atomic E-state index is 10.6. The Bertz CT molecular complexity index is 688. The minimum absolute atomic E-state index is 0.102. The SMILES string of the molecule is O=[N+]([O-])c1ccc(Nc2ccc(C3=CCCCC3)cc2)cc1. The predicted octanol–water partition coefficient (Wildman–Crippen LogP) is 5.30. The number of hydrogen-bond donors (Lipinski definition) is 1. The molecule has 0 amide bonds. The summed E-state index contributed by atoms with van der Waals surface area (Å²) < 4.78 is 0. The van der Waals surface area contributed by atoms with E-state index in [1.165, 1.54) is 42.5 Å². The Labute approximate surface area is 129 Å². The molecule has 3 rings (SSSR count). The minimum atomic E-state index is -0.392. The Balaban J connectivity index is 1.70. The lowest BCUT2D eigenvalue weighted by molar-refractivity contribution is -0.384. The van der Waals surface area contributed by atoms with E-state index in [-0.39, 0.29) is 5.69 Å². The molecular formula is C18H18N2O2. The largest absolute Gasteiger partial charge is 0.356 e. The lowest BCUT2D eigenvalue weighted by Gasteiger charge is -2.13. The molecule has 0 aromatic heterocycles. The monoisotopic (exact) mass is 294 g/mol. The zero-order chi connectivity index (χ0) is 15.4. The van der Waals surface area contributed by atoms with Gasteiger partial charge in [0.25, 0.3) is 5.69 Å². The van der Waals surface area contributed by atoms with Crippen molar-refractivity contribution in [1.82, 2.24) is 0 Å². The van der Waals surface area contributed by atoms with Gasteiger partial charge in [-0.1, -0.05) is 18.2 Å². The topological polar surface area (TPSA) is 55.2 Å². The van der Waals surface area contributed by atoms with E-state index in [1.54, 1.807) is 12.1 Å². The zero-order valence-corrected chi connectivity index (χ0v) is 12.3.